The van der Waals surface area contributed by atoms with Gasteiger partial charge in [-0.1, -0.05) is 0 Å². The Kier molecular flexibility index (Phi) is 3.13. The van der Waals surface area contributed by atoms with Gasteiger partial charge >= 0.3 is 99.6 Å². The molecule has 72 valence electrons. The van der Waals surface area contributed by atoms with Gasteiger partial charge in [-0.25, -0.2) is 0 Å². The van der Waals surface area contributed by atoms with Crippen LogP contribution in [0.25, 0.3) is 11.3 Å². The van der Waals surface area contributed by atoms with Crippen molar-refractivity contribution in [3.05, 3.63) is 48.2 Å². The van der Waals surface area contributed by atoms with Crippen molar-refractivity contribution in [2.24, 2.45) is 0 Å². The van der Waals surface area contributed by atoms with Crippen LogP contribution in [0.2, 0.25) is 0 Å². The van der Waals surface area contributed by atoms with E-state index in [1.165, 1.54) is 19.0 Å². The quantitative estimate of drug-likeness (QED) is 0.768. The molecule has 0 saturated carbocycles. The number of pyridine rings is 1. The van der Waals surface area contributed by atoms with Crippen LogP contribution in [0.5, 0.6) is 5.75 Å². The summed E-state index contributed by atoms with van der Waals surface area (Å²) in [4.78, 5) is 4.48. The van der Waals surface area contributed by atoms with Gasteiger partial charge in [-0.15, -0.1) is 0 Å². The van der Waals surface area contributed by atoms with Gasteiger partial charge < -0.3 is 0 Å². The van der Waals surface area contributed by atoms with E-state index in [9.17, 15) is 0 Å². The van der Waals surface area contributed by atoms with Crippen molar-refractivity contribution in [2.75, 3.05) is 0 Å². The molecule has 0 fully saturated rings. The first-order chi connectivity index (χ1) is 7.31. The molecule has 0 spiro atoms. The third-order valence-corrected chi connectivity index (χ3v) is 2.71. The zero-order valence-electron chi connectivity index (χ0n) is 8.47. The molecule has 0 bridgehead atoms. The fourth-order valence-corrected chi connectivity index (χ4v) is 1.91. The minimum absolute atomic E-state index is 0.885. The molecule has 0 aliphatic heterocycles. The normalized spacial score (nSPS) is 9.93. The van der Waals surface area contributed by atoms with Crippen LogP contribution in [0.3, 0.4) is 0 Å². The summed E-state index contributed by atoms with van der Waals surface area (Å²) in [5.74, 6) is 0.885. The molecule has 15 heavy (non-hydrogen) atoms. The molecular formula is C12H10GaNO. The Morgan fingerprint density at radius 1 is 1.07 bits per heavy atom. The summed E-state index contributed by atoms with van der Waals surface area (Å²) in [5.41, 5.74) is 3.03. The van der Waals surface area contributed by atoms with Crippen molar-refractivity contribution < 1.29 is 3.53 Å². The van der Waals surface area contributed by atoms with Crippen molar-refractivity contribution in [1.29, 1.82) is 0 Å². The second-order valence-corrected chi connectivity index (χ2v) is 3.77. The van der Waals surface area contributed by atoms with Gasteiger partial charge in [-0.3, -0.25) is 0 Å². The summed E-state index contributed by atoms with van der Waals surface area (Å²) in [6.07, 6.45) is 0. The van der Waals surface area contributed by atoms with Crippen molar-refractivity contribution in [1.82, 2.24) is 4.98 Å². The van der Waals surface area contributed by atoms with E-state index in [0.717, 1.165) is 22.7 Å². The molecule has 3 heteroatoms. The zero-order valence-corrected chi connectivity index (χ0v) is 10.9. The number of benzene rings is 1. The SMILES string of the molecule is Cc1cccc(-c2ccccc2[O][Ga])n1. The molecule has 0 atom stereocenters. The van der Waals surface area contributed by atoms with E-state index in [1.807, 2.05) is 49.4 Å². The molecule has 0 N–H and O–H groups in total. The standard InChI is InChI=1S/C12H11NO.Ga/c1-9-5-4-7-11(13-9)10-6-2-3-8-12(10)14;/h2-8,14H,1H3;/q;+1/p-1. The molecule has 2 nitrogen and oxygen atoms in total. The van der Waals surface area contributed by atoms with E-state index in [4.69, 9.17) is 3.53 Å². The summed E-state index contributed by atoms with van der Waals surface area (Å²) in [6.45, 7) is 1.99. The molecule has 2 rings (SSSR count). The summed E-state index contributed by atoms with van der Waals surface area (Å²) in [5, 5.41) is 0. The van der Waals surface area contributed by atoms with Gasteiger partial charge in [0.2, 0.25) is 0 Å². The predicted octanol–water partition coefficient (Wildman–Crippen LogP) is 2.52. The number of nitrogens with zero attached hydrogens (tertiary/aromatic N) is 1. The average molecular weight is 254 g/mol. The molecule has 2 radical (unpaired) electrons. The van der Waals surface area contributed by atoms with Gasteiger partial charge in [-0.2, -0.15) is 0 Å². The molecule has 0 saturated heterocycles. The van der Waals surface area contributed by atoms with E-state index in [1.54, 1.807) is 0 Å². The number of hydrogen-bond donors (Lipinski definition) is 0. The Balaban J connectivity index is 2.53. The maximum atomic E-state index is 5.36. The second-order valence-electron chi connectivity index (χ2n) is 3.28. The molecule has 0 unspecified atom stereocenters. The van der Waals surface area contributed by atoms with Crippen molar-refractivity contribution in [2.45, 2.75) is 6.92 Å². The minimum atomic E-state index is 0.885. The summed E-state index contributed by atoms with van der Waals surface area (Å²) < 4.78 is 5.36. The fraction of sp³-hybridized carbons (Fsp3) is 0.0833. The van der Waals surface area contributed by atoms with Crippen molar-refractivity contribution >= 4 is 19.0 Å². The van der Waals surface area contributed by atoms with Crippen molar-refractivity contribution in [3.63, 3.8) is 0 Å². The first kappa shape index (κ1) is 10.3. The van der Waals surface area contributed by atoms with Gasteiger partial charge in [0, 0.05) is 0 Å². The van der Waals surface area contributed by atoms with Gasteiger partial charge in [0.25, 0.3) is 0 Å². The molecule has 0 aliphatic carbocycles. The first-order valence-corrected chi connectivity index (χ1v) is 5.70. The Labute approximate surface area is 99.6 Å². The number of aryl methyl sites for hydroxylation is 1. The zero-order chi connectivity index (χ0) is 10.7. The number of rotatable bonds is 2. The molecule has 1 aromatic carbocycles. The van der Waals surface area contributed by atoms with E-state index in [0.29, 0.717) is 0 Å². The average Bonchev–Trinajstić information content (AvgIpc) is 2.29. The van der Waals surface area contributed by atoms with E-state index in [-0.39, 0.29) is 0 Å². The Morgan fingerprint density at radius 3 is 2.60 bits per heavy atom. The van der Waals surface area contributed by atoms with Gasteiger partial charge in [0.1, 0.15) is 0 Å². The first-order valence-electron chi connectivity index (χ1n) is 4.71. The van der Waals surface area contributed by atoms with Crippen LogP contribution in [-0.4, -0.2) is 23.9 Å². The molecular weight excluding hydrogens is 244 g/mol. The summed E-state index contributed by atoms with van der Waals surface area (Å²) in [6, 6.07) is 13.9. The fourth-order valence-electron chi connectivity index (χ4n) is 1.47. The number of hydrogen-bond acceptors (Lipinski definition) is 2. The molecule has 0 amide bonds. The van der Waals surface area contributed by atoms with Crippen LogP contribution in [0.4, 0.5) is 0 Å². The summed E-state index contributed by atoms with van der Waals surface area (Å²) in [7, 11) is 0. The van der Waals surface area contributed by atoms with E-state index in [2.05, 4.69) is 4.98 Å². The van der Waals surface area contributed by atoms with E-state index >= 15 is 0 Å². The second kappa shape index (κ2) is 4.55. The maximum absolute atomic E-state index is 5.36. The molecule has 0 aliphatic rings. The Morgan fingerprint density at radius 2 is 1.87 bits per heavy atom. The van der Waals surface area contributed by atoms with Crippen LogP contribution in [0, 0.1) is 6.92 Å². The Hall–Kier alpha value is -1.19. The van der Waals surface area contributed by atoms with Gasteiger partial charge in [-0.05, 0) is 0 Å². The summed E-state index contributed by atoms with van der Waals surface area (Å²) >= 11 is 1.23. The third-order valence-electron chi connectivity index (χ3n) is 2.18. The van der Waals surface area contributed by atoms with Crippen LogP contribution < -0.4 is 3.53 Å². The third kappa shape index (κ3) is 2.25. The Bertz CT molecular complexity index is 471. The molecule has 1 heterocycles. The number of aromatic nitrogens is 1. The molecule has 1 aromatic heterocycles. The van der Waals surface area contributed by atoms with Crippen LogP contribution in [0.15, 0.2) is 42.5 Å². The van der Waals surface area contributed by atoms with Crippen LogP contribution >= 0.6 is 0 Å². The van der Waals surface area contributed by atoms with Crippen LogP contribution in [0.1, 0.15) is 5.69 Å². The topological polar surface area (TPSA) is 22.1 Å². The number of para-hydroxylation sites is 1. The van der Waals surface area contributed by atoms with E-state index < -0.39 is 0 Å². The monoisotopic (exact) mass is 253 g/mol. The van der Waals surface area contributed by atoms with Crippen molar-refractivity contribution in [3.8, 4) is 17.0 Å². The van der Waals surface area contributed by atoms with Gasteiger partial charge in [0.05, 0.1) is 0 Å². The predicted molar refractivity (Wildman–Crippen MR) is 60.8 cm³/mol. The van der Waals surface area contributed by atoms with Gasteiger partial charge in [0.15, 0.2) is 0 Å². The van der Waals surface area contributed by atoms with Crippen LogP contribution in [-0.2, 0) is 0 Å². The molecule has 2 aromatic rings.